The Balaban J connectivity index is 2.12. The fourth-order valence-electron chi connectivity index (χ4n) is 2.92. The number of carbonyl (C=O) groups excluding carboxylic acids is 1. The molecule has 0 aromatic heterocycles. The molecule has 0 bridgehead atoms. The molecule has 12 heteroatoms. The van der Waals surface area contributed by atoms with Crippen LogP contribution in [0.3, 0.4) is 0 Å². The normalized spacial score (nSPS) is 10.6. The Hall–Kier alpha value is -3.95. The highest BCUT2D eigenvalue weighted by molar-refractivity contribution is 7.80. The monoisotopic (exact) mass is 499 g/mol. The Bertz CT molecular complexity index is 1070. The molecule has 2 aromatic rings. The standard InChI is InChI=1S/C23H25N5O6S/c1-2-11-34-12-10-27(9-8-24-22(29)7-13-35)20-5-3-18(4-6-20)25-26-19-14-17(23(30)31)15-21(16-19)28(32)33/h1,3-6,14-16,35H,7-13H2,(H,24,29)(H,30,31). The average Bonchev–Trinajstić information content (AvgIpc) is 2.84. The zero-order valence-corrected chi connectivity index (χ0v) is 19.7. The van der Waals surface area contributed by atoms with E-state index in [1.165, 1.54) is 6.07 Å². The lowest BCUT2D eigenvalue weighted by Gasteiger charge is -2.25. The van der Waals surface area contributed by atoms with Gasteiger partial charge in [-0.05, 0) is 36.1 Å². The van der Waals surface area contributed by atoms with Crippen LogP contribution in [0.2, 0.25) is 0 Å². The van der Waals surface area contributed by atoms with E-state index in [1.54, 1.807) is 24.3 Å². The summed E-state index contributed by atoms with van der Waals surface area (Å²) in [6.45, 7) is 2.10. The van der Waals surface area contributed by atoms with Crippen LogP contribution in [0, 0.1) is 22.5 Å². The highest BCUT2D eigenvalue weighted by Crippen LogP contribution is 2.26. The van der Waals surface area contributed by atoms with E-state index >= 15 is 0 Å². The number of rotatable bonds is 14. The molecule has 0 heterocycles. The van der Waals surface area contributed by atoms with Crippen molar-refractivity contribution in [2.45, 2.75) is 6.42 Å². The Kier molecular flexibility index (Phi) is 11.2. The number of carboxylic acid groups (broad SMARTS) is 1. The molecule has 35 heavy (non-hydrogen) atoms. The molecule has 0 aliphatic heterocycles. The van der Waals surface area contributed by atoms with Gasteiger partial charge < -0.3 is 20.1 Å². The van der Waals surface area contributed by atoms with Crippen molar-refractivity contribution in [3.63, 3.8) is 0 Å². The zero-order chi connectivity index (χ0) is 25.6. The van der Waals surface area contributed by atoms with Gasteiger partial charge in [-0.25, -0.2) is 4.79 Å². The van der Waals surface area contributed by atoms with Gasteiger partial charge in [0.05, 0.1) is 28.5 Å². The Morgan fingerprint density at radius 1 is 1.17 bits per heavy atom. The molecule has 2 rings (SSSR count). The third-order valence-corrected chi connectivity index (χ3v) is 4.81. The molecule has 0 saturated carbocycles. The lowest BCUT2D eigenvalue weighted by Crippen LogP contribution is -2.36. The van der Waals surface area contributed by atoms with Crippen molar-refractivity contribution < 1.29 is 24.4 Å². The van der Waals surface area contributed by atoms with Gasteiger partial charge in [0, 0.05) is 43.9 Å². The summed E-state index contributed by atoms with van der Waals surface area (Å²) in [6.07, 6.45) is 5.55. The summed E-state index contributed by atoms with van der Waals surface area (Å²) in [4.78, 5) is 35.3. The van der Waals surface area contributed by atoms with E-state index in [4.69, 9.17) is 16.3 Å². The molecule has 0 saturated heterocycles. The summed E-state index contributed by atoms with van der Waals surface area (Å²) in [5, 5.41) is 31.0. The number of aromatic carboxylic acids is 1. The molecule has 0 aliphatic carbocycles. The maximum atomic E-state index is 11.7. The van der Waals surface area contributed by atoms with E-state index in [1.807, 2.05) is 4.90 Å². The van der Waals surface area contributed by atoms with Gasteiger partial charge in [0.2, 0.25) is 5.91 Å². The lowest BCUT2D eigenvalue weighted by molar-refractivity contribution is -0.384. The summed E-state index contributed by atoms with van der Waals surface area (Å²) >= 11 is 4.05. The van der Waals surface area contributed by atoms with Crippen molar-refractivity contribution in [1.29, 1.82) is 0 Å². The number of ether oxygens (including phenoxy) is 1. The molecule has 0 fully saturated rings. The maximum Gasteiger partial charge on any atom is 0.336 e. The van der Waals surface area contributed by atoms with Crippen molar-refractivity contribution in [2.24, 2.45) is 10.2 Å². The number of thiol groups is 1. The van der Waals surface area contributed by atoms with Crippen molar-refractivity contribution in [3.05, 3.63) is 58.1 Å². The van der Waals surface area contributed by atoms with Gasteiger partial charge >= 0.3 is 5.97 Å². The molecule has 2 aromatic carbocycles. The van der Waals surface area contributed by atoms with Crippen molar-refractivity contribution in [1.82, 2.24) is 5.32 Å². The number of hydrogen-bond acceptors (Lipinski definition) is 9. The summed E-state index contributed by atoms with van der Waals surface area (Å²) in [5.74, 6) is 1.50. The van der Waals surface area contributed by atoms with Crippen LogP contribution in [0.1, 0.15) is 16.8 Å². The number of terminal acetylenes is 1. The number of nitrogens with one attached hydrogen (secondary N) is 1. The fourth-order valence-corrected chi connectivity index (χ4v) is 3.13. The van der Waals surface area contributed by atoms with Crippen LogP contribution in [0.4, 0.5) is 22.7 Å². The number of nitrogens with zero attached hydrogens (tertiary/aromatic N) is 4. The highest BCUT2D eigenvalue weighted by atomic mass is 32.1. The predicted octanol–water partition coefficient (Wildman–Crippen LogP) is 3.60. The molecule has 11 nitrogen and oxygen atoms in total. The van der Waals surface area contributed by atoms with Crippen molar-refractivity contribution in [2.75, 3.05) is 43.5 Å². The minimum absolute atomic E-state index is 0.0462. The Morgan fingerprint density at radius 3 is 2.51 bits per heavy atom. The molecular weight excluding hydrogens is 474 g/mol. The molecule has 0 spiro atoms. The summed E-state index contributed by atoms with van der Waals surface area (Å²) in [5.41, 5.74) is 0.707. The van der Waals surface area contributed by atoms with Crippen LogP contribution in [0.25, 0.3) is 0 Å². The third-order valence-electron chi connectivity index (χ3n) is 4.59. The number of nitro groups is 1. The van der Waals surface area contributed by atoms with Crippen LogP contribution >= 0.6 is 12.6 Å². The first-order valence-electron chi connectivity index (χ1n) is 10.5. The second kappa shape index (κ2) is 14.3. The van der Waals surface area contributed by atoms with Gasteiger partial charge in [0.25, 0.3) is 5.69 Å². The largest absolute Gasteiger partial charge is 0.478 e. The second-order valence-corrected chi connectivity index (χ2v) is 7.53. The van der Waals surface area contributed by atoms with Crippen LogP contribution < -0.4 is 10.2 Å². The van der Waals surface area contributed by atoms with Gasteiger partial charge in [0.15, 0.2) is 0 Å². The zero-order valence-electron chi connectivity index (χ0n) is 18.8. The first kappa shape index (κ1) is 27.3. The van der Waals surface area contributed by atoms with Crippen LogP contribution in [-0.2, 0) is 9.53 Å². The van der Waals surface area contributed by atoms with E-state index in [9.17, 15) is 19.7 Å². The van der Waals surface area contributed by atoms with Gasteiger partial charge in [-0.3, -0.25) is 14.9 Å². The maximum absolute atomic E-state index is 11.7. The molecule has 0 aliphatic rings. The minimum Gasteiger partial charge on any atom is -0.478 e. The predicted molar refractivity (Wildman–Crippen MR) is 134 cm³/mol. The molecule has 0 atom stereocenters. The molecule has 2 N–H and O–H groups in total. The summed E-state index contributed by atoms with van der Waals surface area (Å²) in [6, 6.07) is 10.3. The number of azo groups is 1. The number of nitro benzene ring substituents is 1. The first-order chi connectivity index (χ1) is 16.8. The van der Waals surface area contributed by atoms with Crippen molar-refractivity contribution >= 4 is 47.3 Å². The van der Waals surface area contributed by atoms with Crippen LogP contribution in [0.5, 0.6) is 0 Å². The third kappa shape index (κ3) is 9.44. The Morgan fingerprint density at radius 2 is 1.89 bits per heavy atom. The van der Waals surface area contributed by atoms with E-state index in [0.29, 0.717) is 44.1 Å². The topological polar surface area (TPSA) is 147 Å². The number of carbonyl (C=O) groups is 2. The summed E-state index contributed by atoms with van der Waals surface area (Å²) < 4.78 is 5.37. The number of benzene rings is 2. The van der Waals surface area contributed by atoms with E-state index in [0.717, 1.165) is 17.8 Å². The quantitative estimate of drug-likeness (QED) is 0.0898. The first-order valence-corrected chi connectivity index (χ1v) is 11.2. The van der Waals surface area contributed by atoms with Gasteiger partial charge in [-0.2, -0.15) is 22.9 Å². The second-order valence-electron chi connectivity index (χ2n) is 7.08. The highest BCUT2D eigenvalue weighted by Gasteiger charge is 2.14. The Labute approximate surface area is 207 Å². The van der Waals surface area contributed by atoms with E-state index < -0.39 is 16.6 Å². The number of anilines is 1. The molecular formula is C23H25N5O6S. The van der Waals surface area contributed by atoms with Gasteiger partial charge in [-0.1, -0.05) is 5.92 Å². The molecule has 0 radical (unpaired) electrons. The number of hydrogen-bond donors (Lipinski definition) is 3. The van der Waals surface area contributed by atoms with Crippen LogP contribution in [-0.4, -0.2) is 60.5 Å². The van der Waals surface area contributed by atoms with E-state index in [2.05, 4.69) is 34.1 Å². The van der Waals surface area contributed by atoms with E-state index in [-0.39, 0.29) is 23.8 Å². The van der Waals surface area contributed by atoms with Crippen molar-refractivity contribution in [3.8, 4) is 12.3 Å². The number of amides is 1. The lowest BCUT2D eigenvalue weighted by atomic mass is 10.2. The smallest absolute Gasteiger partial charge is 0.336 e. The van der Waals surface area contributed by atoms with Crippen LogP contribution in [0.15, 0.2) is 52.7 Å². The SMILES string of the molecule is C#CCOCCN(CCNC(=O)CCS)c1ccc(N=Nc2cc(C(=O)O)cc([N+](=O)[O-])c2)cc1. The van der Waals surface area contributed by atoms with Gasteiger partial charge in [-0.15, -0.1) is 6.42 Å². The summed E-state index contributed by atoms with van der Waals surface area (Å²) in [7, 11) is 0. The fraction of sp³-hybridized carbons (Fsp3) is 0.304. The average molecular weight is 500 g/mol. The molecule has 0 unspecified atom stereocenters. The minimum atomic E-state index is -1.30. The van der Waals surface area contributed by atoms with Gasteiger partial charge in [0.1, 0.15) is 6.61 Å². The number of non-ortho nitro benzene ring substituents is 1. The molecule has 1 amide bonds. The molecule has 184 valence electrons. The number of carboxylic acids is 1.